The molecule has 1 aromatic rings. The van der Waals surface area contributed by atoms with E-state index in [1.165, 1.54) is 0 Å². The number of methoxy groups -OCH3 is 1. The van der Waals surface area contributed by atoms with Crippen LogP contribution in [-0.4, -0.2) is 37.8 Å². The number of ether oxygens (including phenoxy) is 1. The van der Waals surface area contributed by atoms with Gasteiger partial charge in [-0.25, -0.2) is 0 Å². The summed E-state index contributed by atoms with van der Waals surface area (Å²) in [6, 6.07) is 7.16. The number of benzene rings is 1. The third-order valence-electron chi connectivity index (χ3n) is 2.23. The summed E-state index contributed by atoms with van der Waals surface area (Å²) in [6.45, 7) is 1.34. The Bertz CT molecular complexity index is 355. The maximum Gasteiger partial charge on any atom is 0.238 e. The number of amides is 1. The van der Waals surface area contributed by atoms with E-state index in [0.717, 1.165) is 0 Å². The molecule has 0 fully saturated rings. The van der Waals surface area contributed by atoms with E-state index in [1.807, 2.05) is 12.1 Å². The summed E-state index contributed by atoms with van der Waals surface area (Å²) >= 11 is 0. The minimum atomic E-state index is -0.137. The molecule has 0 aliphatic heterocycles. The topological polar surface area (TPSA) is 70.6 Å². The second-order valence-corrected chi connectivity index (χ2v) is 3.53. The van der Waals surface area contributed by atoms with Crippen molar-refractivity contribution in [3.05, 3.63) is 29.8 Å². The standard InChI is InChI=1S/C12H18N2O3/c1-17-7-6-13-8-12(16)14-11-5-3-2-4-10(11)9-15/h2-5,13,15H,6-9H2,1H3,(H,14,16). The Morgan fingerprint density at radius 1 is 1.41 bits per heavy atom. The Balaban J connectivity index is 2.39. The predicted molar refractivity (Wildman–Crippen MR) is 65.7 cm³/mol. The van der Waals surface area contributed by atoms with Crippen LogP contribution in [0.4, 0.5) is 5.69 Å². The largest absolute Gasteiger partial charge is 0.392 e. The fourth-order valence-electron chi connectivity index (χ4n) is 1.35. The third-order valence-corrected chi connectivity index (χ3v) is 2.23. The fraction of sp³-hybridized carbons (Fsp3) is 0.417. The monoisotopic (exact) mass is 238 g/mol. The Kier molecular flexibility index (Phi) is 6.24. The molecule has 3 N–H and O–H groups in total. The molecular weight excluding hydrogens is 220 g/mol. The molecule has 5 heteroatoms. The van der Waals surface area contributed by atoms with Crippen molar-refractivity contribution in [3.63, 3.8) is 0 Å². The summed E-state index contributed by atoms with van der Waals surface area (Å²) in [5.74, 6) is -0.137. The lowest BCUT2D eigenvalue weighted by atomic mass is 10.2. The molecule has 1 amide bonds. The first kappa shape index (κ1) is 13.6. The van der Waals surface area contributed by atoms with Gasteiger partial charge in [-0.15, -0.1) is 0 Å². The number of rotatable bonds is 7. The van der Waals surface area contributed by atoms with Crippen LogP contribution >= 0.6 is 0 Å². The number of hydrogen-bond donors (Lipinski definition) is 3. The Morgan fingerprint density at radius 3 is 2.88 bits per heavy atom. The number of anilines is 1. The van der Waals surface area contributed by atoms with Gasteiger partial charge in [0.05, 0.1) is 19.8 Å². The average molecular weight is 238 g/mol. The van der Waals surface area contributed by atoms with Crippen molar-refractivity contribution in [2.24, 2.45) is 0 Å². The molecular formula is C12H18N2O3. The Hall–Kier alpha value is -1.43. The van der Waals surface area contributed by atoms with Crippen LogP contribution in [0.5, 0.6) is 0 Å². The van der Waals surface area contributed by atoms with Gasteiger partial charge in [0.15, 0.2) is 0 Å². The van der Waals surface area contributed by atoms with E-state index in [4.69, 9.17) is 9.84 Å². The highest BCUT2D eigenvalue weighted by Gasteiger charge is 2.04. The van der Waals surface area contributed by atoms with Crippen LogP contribution in [0.1, 0.15) is 5.56 Å². The van der Waals surface area contributed by atoms with E-state index in [2.05, 4.69) is 10.6 Å². The molecule has 0 atom stereocenters. The first-order valence-corrected chi connectivity index (χ1v) is 5.46. The number of nitrogens with one attached hydrogen (secondary N) is 2. The van der Waals surface area contributed by atoms with Crippen LogP contribution in [0.25, 0.3) is 0 Å². The highest BCUT2D eigenvalue weighted by atomic mass is 16.5. The molecule has 0 radical (unpaired) electrons. The zero-order chi connectivity index (χ0) is 12.5. The van der Waals surface area contributed by atoms with E-state index in [9.17, 15) is 4.79 Å². The second-order valence-electron chi connectivity index (χ2n) is 3.53. The molecule has 0 spiro atoms. The minimum absolute atomic E-state index is 0.0897. The highest BCUT2D eigenvalue weighted by Crippen LogP contribution is 2.14. The molecule has 0 aliphatic rings. The first-order valence-electron chi connectivity index (χ1n) is 5.46. The fourth-order valence-corrected chi connectivity index (χ4v) is 1.35. The van der Waals surface area contributed by atoms with Crippen LogP contribution in [-0.2, 0) is 16.1 Å². The van der Waals surface area contributed by atoms with Crippen molar-refractivity contribution in [1.29, 1.82) is 0 Å². The normalized spacial score (nSPS) is 10.2. The SMILES string of the molecule is COCCNCC(=O)Nc1ccccc1CO. The number of carbonyl (C=O) groups is 1. The van der Waals surface area contributed by atoms with Crippen molar-refractivity contribution >= 4 is 11.6 Å². The van der Waals surface area contributed by atoms with Gasteiger partial charge < -0.3 is 20.5 Å². The molecule has 0 aliphatic carbocycles. The molecule has 0 bridgehead atoms. The predicted octanol–water partition coefficient (Wildman–Crippen LogP) is 0.353. The van der Waals surface area contributed by atoms with E-state index >= 15 is 0 Å². The molecule has 0 unspecified atom stereocenters. The van der Waals surface area contributed by atoms with Gasteiger partial charge >= 0.3 is 0 Å². The van der Waals surface area contributed by atoms with Crippen LogP contribution in [0.2, 0.25) is 0 Å². The van der Waals surface area contributed by atoms with Crippen molar-refractivity contribution in [1.82, 2.24) is 5.32 Å². The van der Waals surface area contributed by atoms with Gasteiger partial charge in [-0.1, -0.05) is 18.2 Å². The number of aliphatic hydroxyl groups is 1. The van der Waals surface area contributed by atoms with Crippen molar-refractivity contribution in [2.75, 3.05) is 32.1 Å². The summed E-state index contributed by atoms with van der Waals surface area (Å²) in [4.78, 5) is 11.5. The van der Waals surface area contributed by atoms with Gasteiger partial charge in [0.2, 0.25) is 5.91 Å². The average Bonchev–Trinajstić information content (AvgIpc) is 2.35. The van der Waals surface area contributed by atoms with Gasteiger partial charge in [0.1, 0.15) is 0 Å². The van der Waals surface area contributed by atoms with Crippen LogP contribution in [0.3, 0.4) is 0 Å². The van der Waals surface area contributed by atoms with Gasteiger partial charge in [-0.05, 0) is 6.07 Å². The number of hydrogen-bond acceptors (Lipinski definition) is 4. The summed E-state index contributed by atoms with van der Waals surface area (Å²) in [6.07, 6.45) is 0. The molecule has 0 saturated heterocycles. The summed E-state index contributed by atoms with van der Waals surface area (Å²) in [7, 11) is 1.61. The molecule has 94 valence electrons. The van der Waals surface area contributed by atoms with Crippen LogP contribution in [0, 0.1) is 0 Å². The third kappa shape index (κ3) is 4.95. The zero-order valence-electron chi connectivity index (χ0n) is 9.90. The lowest BCUT2D eigenvalue weighted by Gasteiger charge is -2.09. The van der Waals surface area contributed by atoms with E-state index in [1.54, 1.807) is 19.2 Å². The summed E-state index contributed by atoms with van der Waals surface area (Å²) in [5.41, 5.74) is 1.35. The molecule has 1 rings (SSSR count). The number of para-hydroxylation sites is 1. The lowest BCUT2D eigenvalue weighted by Crippen LogP contribution is -2.30. The number of carbonyl (C=O) groups excluding carboxylic acids is 1. The van der Waals surface area contributed by atoms with Crippen LogP contribution < -0.4 is 10.6 Å². The van der Waals surface area contributed by atoms with Gasteiger partial charge in [-0.3, -0.25) is 4.79 Å². The van der Waals surface area contributed by atoms with E-state index in [0.29, 0.717) is 24.4 Å². The number of aliphatic hydroxyl groups excluding tert-OH is 1. The minimum Gasteiger partial charge on any atom is -0.392 e. The molecule has 5 nitrogen and oxygen atoms in total. The zero-order valence-corrected chi connectivity index (χ0v) is 9.90. The Morgan fingerprint density at radius 2 is 2.18 bits per heavy atom. The van der Waals surface area contributed by atoms with E-state index < -0.39 is 0 Å². The summed E-state index contributed by atoms with van der Waals surface area (Å²) in [5, 5.41) is 14.8. The first-order chi connectivity index (χ1) is 8.27. The van der Waals surface area contributed by atoms with Crippen molar-refractivity contribution in [3.8, 4) is 0 Å². The van der Waals surface area contributed by atoms with Crippen molar-refractivity contribution in [2.45, 2.75) is 6.61 Å². The molecule has 1 aromatic carbocycles. The highest BCUT2D eigenvalue weighted by molar-refractivity contribution is 5.92. The van der Waals surface area contributed by atoms with Gasteiger partial charge in [0, 0.05) is 24.9 Å². The molecule has 0 heterocycles. The summed E-state index contributed by atoms with van der Waals surface area (Å²) < 4.78 is 4.85. The second kappa shape index (κ2) is 7.78. The lowest BCUT2D eigenvalue weighted by molar-refractivity contribution is -0.115. The van der Waals surface area contributed by atoms with Gasteiger partial charge in [-0.2, -0.15) is 0 Å². The van der Waals surface area contributed by atoms with Crippen LogP contribution in [0.15, 0.2) is 24.3 Å². The molecule has 17 heavy (non-hydrogen) atoms. The molecule has 0 saturated carbocycles. The maximum atomic E-state index is 11.5. The van der Waals surface area contributed by atoms with Gasteiger partial charge in [0.25, 0.3) is 0 Å². The quantitative estimate of drug-likeness (QED) is 0.600. The molecule has 0 aromatic heterocycles. The maximum absolute atomic E-state index is 11.5. The van der Waals surface area contributed by atoms with Crippen molar-refractivity contribution < 1.29 is 14.6 Å². The van der Waals surface area contributed by atoms with E-state index in [-0.39, 0.29) is 19.1 Å². The smallest absolute Gasteiger partial charge is 0.238 e. The Labute approximate surface area is 101 Å².